The largest absolute Gasteiger partial charge is 0.441 e. The average Bonchev–Trinajstić information content (AvgIpc) is 2.53. The van der Waals surface area contributed by atoms with Gasteiger partial charge in [0.25, 0.3) is 9.03 Å². The van der Waals surface area contributed by atoms with Gasteiger partial charge in [0.1, 0.15) is 11.5 Å². The van der Waals surface area contributed by atoms with E-state index in [2.05, 4.69) is 6.58 Å². The van der Waals surface area contributed by atoms with Crippen molar-refractivity contribution in [1.29, 1.82) is 0 Å². The first-order chi connectivity index (χ1) is 9.86. The average molecular weight is 294 g/mol. The molecule has 0 fully saturated rings. The molecule has 0 N–H and O–H groups in total. The zero-order valence-corrected chi connectivity index (χ0v) is 14.2. The van der Waals surface area contributed by atoms with Crippen molar-refractivity contribution >= 4 is 9.03 Å². The van der Waals surface area contributed by atoms with Crippen LogP contribution in [0, 0.1) is 0 Å². The van der Waals surface area contributed by atoms with Crippen molar-refractivity contribution in [3.8, 4) is 5.75 Å². The normalized spacial score (nSPS) is 10.3. The fraction of sp³-hybridized carbons (Fsp3) is 0.294. The van der Waals surface area contributed by atoms with Crippen LogP contribution in [0.3, 0.4) is 0 Å². The molecule has 112 valence electrons. The first-order valence-electron chi connectivity index (χ1n) is 6.96. The van der Waals surface area contributed by atoms with Gasteiger partial charge in [-0.05, 0) is 31.2 Å². The quantitative estimate of drug-likeness (QED) is 0.349. The van der Waals surface area contributed by atoms with Crippen molar-refractivity contribution < 1.29 is 9.05 Å². The summed E-state index contributed by atoms with van der Waals surface area (Å²) in [6.45, 7) is 13.6. The molecule has 2 nitrogen and oxygen atoms in total. The number of para-hydroxylation sites is 1. The summed E-state index contributed by atoms with van der Waals surface area (Å²) in [5, 5.41) is 0. The van der Waals surface area contributed by atoms with Crippen molar-refractivity contribution in [1.82, 2.24) is 0 Å². The van der Waals surface area contributed by atoms with Crippen LogP contribution in [0.15, 0.2) is 67.0 Å². The van der Waals surface area contributed by atoms with Gasteiger partial charge in [0.2, 0.25) is 0 Å². The van der Waals surface area contributed by atoms with Gasteiger partial charge >= 0.3 is 0 Å². The van der Waals surface area contributed by atoms with Gasteiger partial charge in [-0.1, -0.05) is 64.6 Å². The predicted octanol–water partition coefficient (Wildman–Crippen LogP) is 6.29. The van der Waals surface area contributed by atoms with Gasteiger partial charge in [0.15, 0.2) is 0 Å². The highest BCUT2D eigenvalue weighted by Crippen LogP contribution is 2.24. The van der Waals surface area contributed by atoms with Gasteiger partial charge in [0.05, 0.1) is 0 Å². The van der Waals surface area contributed by atoms with Crippen LogP contribution in [0.1, 0.15) is 34.6 Å². The van der Waals surface area contributed by atoms with Crippen molar-refractivity contribution in [2.75, 3.05) is 0 Å². The molecule has 1 rings (SSSR count). The zero-order valence-electron chi connectivity index (χ0n) is 13.2. The molecule has 0 saturated carbocycles. The van der Waals surface area contributed by atoms with Gasteiger partial charge < -0.3 is 9.05 Å². The molecule has 0 aliphatic heterocycles. The summed E-state index contributed by atoms with van der Waals surface area (Å²) in [5.41, 5.74) is 0. The second-order valence-corrected chi connectivity index (χ2v) is 3.48. The van der Waals surface area contributed by atoms with E-state index in [1.54, 1.807) is 12.2 Å². The number of rotatable bonds is 6. The Morgan fingerprint density at radius 1 is 1.10 bits per heavy atom. The Hall–Kier alpha value is -1.53. The summed E-state index contributed by atoms with van der Waals surface area (Å²) in [7, 11) is -0.0577. The Morgan fingerprint density at radius 3 is 2.20 bits per heavy atom. The second kappa shape index (κ2) is 17.5. The molecule has 20 heavy (non-hydrogen) atoms. The molecule has 0 radical (unpaired) electrons. The van der Waals surface area contributed by atoms with Gasteiger partial charge in [-0.15, -0.1) is 0 Å². The Morgan fingerprint density at radius 2 is 1.70 bits per heavy atom. The van der Waals surface area contributed by atoms with E-state index in [0.717, 1.165) is 11.5 Å². The highest BCUT2D eigenvalue weighted by molar-refractivity contribution is 7.26. The lowest BCUT2D eigenvalue weighted by Gasteiger charge is -2.06. The molecule has 0 bridgehead atoms. The SMILES string of the molecule is C=C/C=C(\C=C/C)OPOc1ccccc1.CC.CC. The highest BCUT2D eigenvalue weighted by Gasteiger charge is 1.94. The van der Waals surface area contributed by atoms with Gasteiger partial charge in [-0.3, -0.25) is 0 Å². The molecule has 0 aliphatic carbocycles. The molecule has 1 unspecified atom stereocenters. The fourth-order valence-electron chi connectivity index (χ4n) is 1.01. The summed E-state index contributed by atoms with van der Waals surface area (Å²) in [4.78, 5) is 0. The Kier molecular flexibility index (Phi) is 18.2. The maximum atomic E-state index is 5.44. The first-order valence-corrected chi connectivity index (χ1v) is 7.77. The minimum atomic E-state index is -0.0577. The van der Waals surface area contributed by atoms with Crippen LogP contribution in [0.4, 0.5) is 0 Å². The number of benzene rings is 1. The van der Waals surface area contributed by atoms with E-state index in [0.29, 0.717) is 0 Å². The maximum absolute atomic E-state index is 5.44. The van der Waals surface area contributed by atoms with Crippen LogP contribution in [0.5, 0.6) is 5.75 Å². The van der Waals surface area contributed by atoms with Gasteiger partial charge in [0, 0.05) is 0 Å². The number of hydrogen-bond donors (Lipinski definition) is 0. The van der Waals surface area contributed by atoms with Gasteiger partial charge in [-0.25, -0.2) is 0 Å². The molecule has 0 saturated heterocycles. The molecule has 1 aromatic carbocycles. The highest BCUT2D eigenvalue weighted by atomic mass is 31.1. The minimum absolute atomic E-state index is 0.0577. The minimum Gasteiger partial charge on any atom is -0.441 e. The lowest BCUT2D eigenvalue weighted by atomic mass is 10.3. The van der Waals surface area contributed by atoms with E-state index >= 15 is 0 Å². The predicted molar refractivity (Wildman–Crippen MR) is 92.3 cm³/mol. The van der Waals surface area contributed by atoms with Crippen LogP contribution in [-0.2, 0) is 4.52 Å². The molecule has 0 aliphatic rings. The van der Waals surface area contributed by atoms with E-state index in [1.165, 1.54) is 0 Å². The second-order valence-electron chi connectivity index (χ2n) is 2.91. The molecular weight excluding hydrogens is 267 g/mol. The van der Waals surface area contributed by atoms with Gasteiger partial charge in [-0.2, -0.15) is 0 Å². The van der Waals surface area contributed by atoms with Crippen LogP contribution in [0.25, 0.3) is 0 Å². The summed E-state index contributed by atoms with van der Waals surface area (Å²) >= 11 is 0. The van der Waals surface area contributed by atoms with Crippen LogP contribution in [-0.4, -0.2) is 0 Å². The van der Waals surface area contributed by atoms with Crippen molar-refractivity contribution in [2.24, 2.45) is 0 Å². The van der Waals surface area contributed by atoms with E-state index in [1.807, 2.05) is 77.1 Å². The molecule has 1 atom stereocenters. The zero-order chi connectivity index (χ0) is 15.6. The summed E-state index contributed by atoms with van der Waals surface area (Å²) in [6.07, 6.45) is 7.25. The lowest BCUT2D eigenvalue weighted by molar-refractivity contribution is 0.441. The maximum Gasteiger partial charge on any atom is 0.275 e. The van der Waals surface area contributed by atoms with Crippen LogP contribution >= 0.6 is 9.03 Å². The monoisotopic (exact) mass is 294 g/mol. The van der Waals surface area contributed by atoms with Crippen molar-refractivity contribution in [3.05, 3.63) is 67.0 Å². The molecule has 3 heteroatoms. The molecule has 0 spiro atoms. The van der Waals surface area contributed by atoms with Crippen LogP contribution in [0.2, 0.25) is 0 Å². The van der Waals surface area contributed by atoms with E-state index in [9.17, 15) is 0 Å². The first kappa shape index (κ1) is 20.8. The summed E-state index contributed by atoms with van der Waals surface area (Å²) in [5.74, 6) is 1.55. The van der Waals surface area contributed by atoms with E-state index < -0.39 is 0 Å². The Bertz CT molecular complexity index is 370. The lowest BCUT2D eigenvalue weighted by Crippen LogP contribution is -1.82. The fourth-order valence-corrected chi connectivity index (χ4v) is 1.52. The smallest absolute Gasteiger partial charge is 0.275 e. The molecular formula is C17H27O2P. The van der Waals surface area contributed by atoms with E-state index in [4.69, 9.17) is 9.05 Å². The number of hydrogen-bond acceptors (Lipinski definition) is 2. The molecule has 0 amide bonds. The third-order valence-corrected chi connectivity index (χ3v) is 2.31. The third-order valence-electron chi connectivity index (χ3n) is 1.68. The standard InChI is InChI=1S/C13H15O2P.2C2H6/c1-3-8-12(9-4-2)14-16-15-13-10-6-5-7-11-13;2*1-2/h3-11,16H,1H2,2H3;2*1-2H3/b9-4-,12-8+;;. The number of allylic oxidation sites excluding steroid dienone is 4. The van der Waals surface area contributed by atoms with E-state index in [-0.39, 0.29) is 9.03 Å². The summed E-state index contributed by atoms with van der Waals surface area (Å²) in [6, 6.07) is 9.57. The molecule has 0 heterocycles. The summed E-state index contributed by atoms with van der Waals surface area (Å²) < 4.78 is 10.9. The topological polar surface area (TPSA) is 18.5 Å². The van der Waals surface area contributed by atoms with Crippen molar-refractivity contribution in [2.45, 2.75) is 34.6 Å². The molecule has 1 aromatic rings. The Labute approximate surface area is 126 Å². The van der Waals surface area contributed by atoms with Crippen LogP contribution < -0.4 is 4.52 Å². The van der Waals surface area contributed by atoms with Crippen molar-refractivity contribution in [3.63, 3.8) is 0 Å². The third kappa shape index (κ3) is 11.6. The molecule has 0 aromatic heterocycles. The Balaban J connectivity index is 0.